The second kappa shape index (κ2) is 8.61. The number of ether oxygens (including phenoxy) is 1. The van der Waals surface area contributed by atoms with Crippen molar-refractivity contribution in [2.45, 2.75) is 25.5 Å². The fourth-order valence-corrected chi connectivity index (χ4v) is 5.19. The highest BCUT2D eigenvalue weighted by Gasteiger charge is 2.49. The van der Waals surface area contributed by atoms with Crippen molar-refractivity contribution in [3.63, 3.8) is 0 Å². The molecule has 33 heavy (non-hydrogen) atoms. The highest BCUT2D eigenvalue weighted by Crippen LogP contribution is 2.40. The smallest absolute Gasteiger partial charge is 0.260 e. The van der Waals surface area contributed by atoms with Gasteiger partial charge in [-0.15, -0.1) is 11.3 Å². The number of fused-ring (bicyclic) bond motifs is 1. The second-order valence-electron chi connectivity index (χ2n) is 8.13. The van der Waals surface area contributed by atoms with Gasteiger partial charge in [0.1, 0.15) is 23.2 Å². The summed E-state index contributed by atoms with van der Waals surface area (Å²) in [6.07, 6.45) is 3.79. The van der Waals surface area contributed by atoms with Crippen molar-refractivity contribution in [2.24, 2.45) is 5.16 Å². The van der Waals surface area contributed by atoms with Gasteiger partial charge in [-0.1, -0.05) is 11.2 Å². The maximum absolute atomic E-state index is 13.5. The van der Waals surface area contributed by atoms with Gasteiger partial charge in [0, 0.05) is 23.2 Å². The van der Waals surface area contributed by atoms with Gasteiger partial charge in [0.2, 0.25) is 0 Å². The molecule has 0 bridgehead atoms. The molecule has 2 aliphatic heterocycles. The number of aryl methyl sites for hydroxylation is 1. The van der Waals surface area contributed by atoms with Gasteiger partial charge in [0.25, 0.3) is 5.72 Å². The number of aliphatic hydroxyl groups excluding tert-OH is 1. The molecule has 1 aromatic heterocycles. The third-order valence-corrected chi connectivity index (χ3v) is 7.01. The summed E-state index contributed by atoms with van der Waals surface area (Å²) in [4.78, 5) is 12.4. The number of methoxy groups -OCH3 is 1. The Hall–Kier alpha value is -3.23. The van der Waals surface area contributed by atoms with E-state index in [0.717, 1.165) is 46.0 Å². The molecular weight excluding hydrogens is 441 g/mol. The van der Waals surface area contributed by atoms with Crippen molar-refractivity contribution in [3.05, 3.63) is 76.1 Å². The Morgan fingerprint density at radius 3 is 2.79 bits per heavy atom. The molecule has 0 aliphatic carbocycles. The molecule has 1 atom stereocenters. The topological polar surface area (TPSA) is 67.2 Å². The second-order valence-corrected chi connectivity index (χ2v) is 8.99. The number of amidine groups is 1. The summed E-state index contributed by atoms with van der Waals surface area (Å²) >= 11 is 1.59. The Morgan fingerprint density at radius 2 is 2.09 bits per heavy atom. The zero-order valence-corrected chi connectivity index (χ0v) is 19.2. The number of piperidine rings is 1. The van der Waals surface area contributed by atoms with Gasteiger partial charge in [-0.25, -0.2) is 9.37 Å². The first-order valence-corrected chi connectivity index (χ1v) is 11.6. The third kappa shape index (κ3) is 3.79. The number of thiazole rings is 1. The Bertz CT molecular complexity index is 1240. The minimum absolute atomic E-state index is 0.297. The van der Waals surface area contributed by atoms with Crippen LogP contribution in [0.25, 0.3) is 16.6 Å². The summed E-state index contributed by atoms with van der Waals surface area (Å²) in [6, 6.07) is 12.0. The molecule has 1 unspecified atom stereocenters. The van der Waals surface area contributed by atoms with Crippen molar-refractivity contribution in [1.82, 2.24) is 9.88 Å². The summed E-state index contributed by atoms with van der Waals surface area (Å²) in [5.41, 5.74) is 3.45. The third-order valence-electron chi connectivity index (χ3n) is 6.02. The summed E-state index contributed by atoms with van der Waals surface area (Å²) in [5, 5.41) is 17.6. The fraction of sp³-hybridized carbons (Fsp3) is 0.280. The average molecular weight is 466 g/mol. The number of aromatic nitrogens is 1. The number of rotatable bonds is 5. The van der Waals surface area contributed by atoms with E-state index in [2.05, 4.69) is 16.2 Å². The molecule has 1 saturated heterocycles. The maximum Gasteiger partial charge on any atom is 0.260 e. The van der Waals surface area contributed by atoms with E-state index in [4.69, 9.17) is 9.57 Å². The first kappa shape index (κ1) is 21.6. The molecule has 2 aliphatic rings. The van der Waals surface area contributed by atoms with Gasteiger partial charge in [-0.2, -0.15) is 0 Å². The van der Waals surface area contributed by atoms with Crippen LogP contribution in [0.4, 0.5) is 4.39 Å². The summed E-state index contributed by atoms with van der Waals surface area (Å²) in [5.74, 6) is 1.11. The Labute approximate surface area is 195 Å². The predicted molar refractivity (Wildman–Crippen MR) is 126 cm³/mol. The van der Waals surface area contributed by atoms with E-state index in [1.807, 2.05) is 35.4 Å². The molecule has 8 heteroatoms. The molecule has 0 amide bonds. The van der Waals surface area contributed by atoms with E-state index < -0.39 is 5.72 Å². The summed E-state index contributed by atoms with van der Waals surface area (Å²) in [7, 11) is 1.66. The largest absolute Gasteiger partial charge is 0.496 e. The van der Waals surface area contributed by atoms with Gasteiger partial charge >= 0.3 is 0 Å². The highest BCUT2D eigenvalue weighted by molar-refractivity contribution is 7.13. The van der Waals surface area contributed by atoms with Crippen LogP contribution in [0.5, 0.6) is 5.75 Å². The Morgan fingerprint density at radius 1 is 1.27 bits per heavy atom. The lowest BCUT2D eigenvalue weighted by Crippen LogP contribution is -2.51. The standard InChI is InChI=1S/C25H24FN3O3S/c1-16-14-33-24(27-16)21-10-5-17(13-22(21)31-2)12-18-4-3-11-29-23(18)28-32-25(29,15-30)19-6-8-20(26)9-7-19/h5-10,12-14,30H,3-4,11,15H2,1-2H3. The summed E-state index contributed by atoms with van der Waals surface area (Å²) in [6.45, 7) is 2.36. The number of hydrogen-bond acceptors (Lipinski definition) is 7. The van der Waals surface area contributed by atoms with E-state index in [9.17, 15) is 9.50 Å². The normalized spacial score (nSPS) is 21.0. The van der Waals surface area contributed by atoms with Crippen molar-refractivity contribution in [2.75, 3.05) is 20.3 Å². The van der Waals surface area contributed by atoms with E-state index >= 15 is 0 Å². The summed E-state index contributed by atoms with van der Waals surface area (Å²) < 4.78 is 19.1. The quantitative estimate of drug-likeness (QED) is 0.579. The first-order chi connectivity index (χ1) is 16.0. The number of aliphatic hydroxyl groups is 1. The fourth-order valence-electron chi connectivity index (χ4n) is 4.36. The molecule has 170 valence electrons. The molecule has 3 aromatic rings. The molecule has 6 nitrogen and oxygen atoms in total. The first-order valence-electron chi connectivity index (χ1n) is 10.8. The van der Waals surface area contributed by atoms with Gasteiger partial charge in [0.05, 0.1) is 12.7 Å². The van der Waals surface area contributed by atoms with Gasteiger partial charge in [0.15, 0.2) is 5.84 Å². The van der Waals surface area contributed by atoms with Crippen LogP contribution in [-0.4, -0.2) is 41.1 Å². The number of benzene rings is 2. The van der Waals surface area contributed by atoms with E-state index in [-0.39, 0.29) is 12.4 Å². The molecule has 1 fully saturated rings. The van der Waals surface area contributed by atoms with Gasteiger partial charge in [-0.05, 0) is 73.4 Å². The van der Waals surface area contributed by atoms with Gasteiger partial charge < -0.3 is 19.6 Å². The van der Waals surface area contributed by atoms with E-state index in [1.54, 1.807) is 30.6 Å². The SMILES string of the molecule is COc1cc(C=C2CCCN3C2=NOC3(CO)c2ccc(F)cc2)ccc1-c1nc(C)cs1. The molecule has 1 N–H and O–H groups in total. The van der Waals surface area contributed by atoms with Crippen molar-refractivity contribution in [1.29, 1.82) is 0 Å². The zero-order chi connectivity index (χ0) is 23.0. The highest BCUT2D eigenvalue weighted by atomic mass is 32.1. The predicted octanol–water partition coefficient (Wildman–Crippen LogP) is 4.93. The van der Waals surface area contributed by atoms with Crippen LogP contribution < -0.4 is 4.74 Å². The lowest BCUT2D eigenvalue weighted by atomic mass is 9.94. The van der Waals surface area contributed by atoms with Gasteiger partial charge in [-0.3, -0.25) is 0 Å². The molecular formula is C25H24FN3O3S. The van der Waals surface area contributed by atoms with Crippen LogP contribution in [-0.2, 0) is 10.6 Å². The maximum atomic E-state index is 13.5. The van der Waals surface area contributed by atoms with Crippen LogP contribution in [0.1, 0.15) is 29.7 Å². The minimum Gasteiger partial charge on any atom is -0.496 e. The van der Waals surface area contributed by atoms with Crippen molar-refractivity contribution < 1.29 is 19.1 Å². The number of halogens is 1. The number of hydrogen-bond donors (Lipinski definition) is 1. The average Bonchev–Trinajstić information content (AvgIpc) is 3.44. The molecule has 2 aromatic carbocycles. The van der Waals surface area contributed by atoms with Crippen LogP contribution in [0.3, 0.4) is 0 Å². The van der Waals surface area contributed by atoms with Crippen LogP contribution in [0.15, 0.2) is 58.6 Å². The lowest BCUT2D eigenvalue weighted by Gasteiger charge is -2.38. The number of nitrogens with zero attached hydrogens (tertiary/aromatic N) is 3. The van der Waals surface area contributed by atoms with E-state index in [0.29, 0.717) is 17.9 Å². The molecule has 0 radical (unpaired) electrons. The van der Waals surface area contributed by atoms with E-state index in [1.165, 1.54) is 12.1 Å². The molecule has 0 spiro atoms. The minimum atomic E-state index is -1.15. The molecule has 5 rings (SSSR count). The zero-order valence-electron chi connectivity index (χ0n) is 18.4. The molecule has 0 saturated carbocycles. The van der Waals surface area contributed by atoms with Crippen LogP contribution in [0.2, 0.25) is 0 Å². The Balaban J connectivity index is 1.47. The monoisotopic (exact) mass is 465 g/mol. The Kier molecular flexibility index (Phi) is 5.64. The number of oxime groups is 1. The lowest BCUT2D eigenvalue weighted by molar-refractivity contribution is -0.137. The van der Waals surface area contributed by atoms with Crippen LogP contribution >= 0.6 is 11.3 Å². The van der Waals surface area contributed by atoms with Crippen molar-refractivity contribution >= 4 is 23.2 Å². The van der Waals surface area contributed by atoms with Crippen molar-refractivity contribution in [3.8, 4) is 16.3 Å². The van der Waals surface area contributed by atoms with Crippen LogP contribution in [0, 0.1) is 12.7 Å². The molecule has 3 heterocycles.